The molecule has 0 saturated heterocycles. The van der Waals surface area contributed by atoms with Crippen LogP contribution in [0.2, 0.25) is 0 Å². The number of benzene rings is 8. The summed E-state index contributed by atoms with van der Waals surface area (Å²) < 4.78 is 2.41. The highest BCUT2D eigenvalue weighted by molar-refractivity contribution is 6.10. The smallest absolute Gasteiger partial charge is 0.0541 e. The monoisotopic (exact) mass is 663 g/mol. The second-order valence-corrected chi connectivity index (χ2v) is 14.0. The van der Waals surface area contributed by atoms with Crippen molar-refractivity contribution >= 4 is 21.8 Å². The van der Waals surface area contributed by atoms with Gasteiger partial charge in [0.2, 0.25) is 0 Å². The first-order valence-corrected chi connectivity index (χ1v) is 18.4. The normalized spacial score (nSPS) is 13.8. The molecule has 0 amide bonds. The van der Waals surface area contributed by atoms with Crippen LogP contribution in [0.5, 0.6) is 0 Å². The minimum absolute atomic E-state index is 0.314. The van der Waals surface area contributed by atoms with Crippen LogP contribution < -0.4 is 0 Å². The number of fused-ring (bicyclic) bond motifs is 6. The van der Waals surface area contributed by atoms with E-state index in [1.54, 1.807) is 0 Å². The van der Waals surface area contributed by atoms with E-state index >= 15 is 0 Å². The second kappa shape index (κ2) is 12.7. The van der Waals surface area contributed by atoms with Crippen LogP contribution in [0.1, 0.15) is 29.0 Å². The summed E-state index contributed by atoms with van der Waals surface area (Å²) in [5.41, 5.74) is 18.0. The van der Waals surface area contributed by atoms with Gasteiger partial charge in [-0.2, -0.15) is 0 Å². The Morgan fingerprint density at radius 3 is 1.81 bits per heavy atom. The van der Waals surface area contributed by atoms with Crippen LogP contribution >= 0.6 is 0 Å². The van der Waals surface area contributed by atoms with Crippen molar-refractivity contribution in [1.29, 1.82) is 0 Å². The molecule has 0 aliphatic heterocycles. The minimum Gasteiger partial charge on any atom is -0.309 e. The van der Waals surface area contributed by atoms with Crippen LogP contribution in [-0.4, -0.2) is 4.57 Å². The first-order chi connectivity index (χ1) is 25.8. The summed E-state index contributed by atoms with van der Waals surface area (Å²) in [6.07, 6.45) is 2.14. The van der Waals surface area contributed by atoms with Crippen molar-refractivity contribution in [3.05, 3.63) is 211 Å². The van der Waals surface area contributed by atoms with Gasteiger partial charge in [0.25, 0.3) is 0 Å². The van der Waals surface area contributed by atoms with Crippen molar-refractivity contribution in [1.82, 2.24) is 4.57 Å². The zero-order chi connectivity index (χ0) is 34.4. The van der Waals surface area contributed by atoms with E-state index in [4.69, 9.17) is 0 Å². The number of aryl methyl sites for hydroxylation is 1. The average molecular weight is 664 g/mol. The molecular formula is C51H37N. The molecular weight excluding hydrogens is 627 g/mol. The van der Waals surface area contributed by atoms with Gasteiger partial charge in [0.15, 0.2) is 0 Å². The van der Waals surface area contributed by atoms with Crippen molar-refractivity contribution < 1.29 is 0 Å². The number of hydrogen-bond donors (Lipinski definition) is 0. The first kappa shape index (κ1) is 30.4. The van der Waals surface area contributed by atoms with Crippen LogP contribution in [0.3, 0.4) is 0 Å². The summed E-state index contributed by atoms with van der Waals surface area (Å²) >= 11 is 0. The Balaban J connectivity index is 1.08. The fourth-order valence-corrected chi connectivity index (χ4v) is 8.51. The van der Waals surface area contributed by atoms with Gasteiger partial charge in [-0.05, 0) is 110 Å². The van der Waals surface area contributed by atoms with Crippen LogP contribution in [0.15, 0.2) is 194 Å². The molecule has 0 spiro atoms. The fourth-order valence-electron chi connectivity index (χ4n) is 8.51. The maximum absolute atomic E-state index is 2.45. The molecule has 1 aliphatic carbocycles. The molecule has 0 radical (unpaired) electrons. The summed E-state index contributed by atoms with van der Waals surface area (Å²) in [6.45, 7) is 0. The highest BCUT2D eigenvalue weighted by Gasteiger charge is 2.25. The molecule has 1 heterocycles. The van der Waals surface area contributed by atoms with Gasteiger partial charge in [-0.15, -0.1) is 0 Å². The summed E-state index contributed by atoms with van der Waals surface area (Å²) in [5, 5.41) is 2.54. The average Bonchev–Trinajstić information content (AvgIpc) is 3.46. The number of aromatic nitrogens is 1. The Labute approximate surface area is 305 Å². The zero-order valence-corrected chi connectivity index (χ0v) is 28.9. The third-order valence-electron chi connectivity index (χ3n) is 11.1. The lowest BCUT2D eigenvalue weighted by Crippen LogP contribution is -2.03. The Morgan fingerprint density at radius 1 is 0.385 bits per heavy atom. The van der Waals surface area contributed by atoms with E-state index in [1.807, 2.05) is 0 Å². The van der Waals surface area contributed by atoms with Gasteiger partial charge in [-0.3, -0.25) is 0 Å². The molecule has 1 heteroatoms. The van der Waals surface area contributed by atoms with Gasteiger partial charge < -0.3 is 4.57 Å². The highest BCUT2D eigenvalue weighted by Crippen LogP contribution is 2.44. The first-order valence-electron chi connectivity index (χ1n) is 18.4. The van der Waals surface area contributed by atoms with E-state index in [9.17, 15) is 0 Å². The quantitative estimate of drug-likeness (QED) is 0.173. The minimum atomic E-state index is 0.314. The van der Waals surface area contributed by atoms with Crippen molar-refractivity contribution in [2.24, 2.45) is 0 Å². The number of para-hydroxylation sites is 1. The zero-order valence-electron chi connectivity index (χ0n) is 28.9. The van der Waals surface area contributed by atoms with Crippen molar-refractivity contribution in [2.75, 3.05) is 0 Å². The molecule has 9 aromatic rings. The van der Waals surface area contributed by atoms with Crippen molar-refractivity contribution in [2.45, 2.75) is 18.8 Å². The van der Waals surface area contributed by atoms with E-state index < -0.39 is 0 Å². The molecule has 52 heavy (non-hydrogen) atoms. The summed E-state index contributed by atoms with van der Waals surface area (Å²) in [4.78, 5) is 0. The Hall–Kier alpha value is -6.44. The third-order valence-corrected chi connectivity index (χ3v) is 11.1. The van der Waals surface area contributed by atoms with Gasteiger partial charge in [-0.1, -0.05) is 158 Å². The number of rotatable bonds is 5. The van der Waals surface area contributed by atoms with E-state index in [0.29, 0.717) is 5.92 Å². The van der Waals surface area contributed by atoms with Gasteiger partial charge in [0.1, 0.15) is 0 Å². The van der Waals surface area contributed by atoms with Gasteiger partial charge >= 0.3 is 0 Å². The maximum Gasteiger partial charge on any atom is 0.0541 e. The SMILES string of the molecule is c1ccc(-c2ccc(-n3c4ccccc4c4cc(-c5ccc6c(c5)-c5ccccc5CCC6c5cccc(-c6ccccc6)c5)ccc43)cc2)cc1. The topological polar surface area (TPSA) is 4.93 Å². The Kier molecular flexibility index (Phi) is 7.43. The largest absolute Gasteiger partial charge is 0.309 e. The third kappa shape index (κ3) is 5.25. The Bertz CT molecular complexity index is 2720. The number of hydrogen-bond acceptors (Lipinski definition) is 0. The van der Waals surface area contributed by atoms with Gasteiger partial charge in [-0.25, -0.2) is 0 Å². The van der Waals surface area contributed by atoms with Crippen LogP contribution in [0.25, 0.3) is 72.0 Å². The molecule has 0 saturated carbocycles. The molecule has 1 aliphatic rings. The molecule has 0 fully saturated rings. The predicted octanol–water partition coefficient (Wildman–Crippen LogP) is 13.5. The van der Waals surface area contributed by atoms with E-state index in [0.717, 1.165) is 12.8 Å². The summed E-state index contributed by atoms with van der Waals surface area (Å²) in [7, 11) is 0. The van der Waals surface area contributed by atoms with E-state index in [2.05, 4.69) is 199 Å². The molecule has 1 atom stereocenters. The second-order valence-electron chi connectivity index (χ2n) is 14.0. The molecule has 10 rings (SSSR count). The fraction of sp³-hybridized carbons (Fsp3) is 0.0588. The van der Waals surface area contributed by atoms with E-state index in [-0.39, 0.29) is 0 Å². The lowest BCUT2D eigenvalue weighted by molar-refractivity contribution is 0.726. The van der Waals surface area contributed by atoms with E-state index in [1.165, 1.54) is 88.7 Å². The van der Waals surface area contributed by atoms with Crippen molar-refractivity contribution in [3.63, 3.8) is 0 Å². The number of nitrogens with zero attached hydrogens (tertiary/aromatic N) is 1. The summed E-state index contributed by atoms with van der Waals surface area (Å²) in [5.74, 6) is 0.314. The maximum atomic E-state index is 2.45. The molecule has 1 nitrogen and oxygen atoms in total. The standard InChI is InChI=1S/C51H37N/c1-3-12-35(13-4-1)37-22-27-43(28-23-37)52-50-21-10-9-20-47(50)49-34-41(26-31-51(49)52)40-25-30-46-45(29-24-38-16-7-8-19-44(38)48(46)33-40)42-18-11-17-39(32-42)36-14-5-2-6-15-36/h1-23,25-28,30-34,45H,24,29H2. The molecule has 1 unspecified atom stereocenters. The highest BCUT2D eigenvalue weighted by atomic mass is 15.0. The van der Waals surface area contributed by atoms with Crippen LogP contribution in [0.4, 0.5) is 0 Å². The summed E-state index contributed by atoms with van der Waals surface area (Å²) in [6, 6.07) is 71.6. The lowest BCUT2D eigenvalue weighted by atomic mass is 9.83. The molecule has 246 valence electrons. The Morgan fingerprint density at radius 2 is 0.981 bits per heavy atom. The van der Waals surface area contributed by atoms with Crippen molar-refractivity contribution in [3.8, 4) is 50.2 Å². The van der Waals surface area contributed by atoms with Crippen LogP contribution in [0, 0.1) is 0 Å². The van der Waals surface area contributed by atoms with Gasteiger partial charge in [0.05, 0.1) is 11.0 Å². The van der Waals surface area contributed by atoms with Gasteiger partial charge in [0, 0.05) is 22.4 Å². The molecule has 0 bridgehead atoms. The van der Waals surface area contributed by atoms with Crippen LogP contribution in [-0.2, 0) is 6.42 Å². The molecule has 1 aromatic heterocycles. The molecule has 0 N–H and O–H groups in total. The molecule has 8 aromatic carbocycles. The predicted molar refractivity (Wildman–Crippen MR) is 219 cm³/mol. The lowest BCUT2D eigenvalue weighted by Gasteiger charge is -2.20.